The van der Waals surface area contributed by atoms with E-state index in [1.54, 1.807) is 13.1 Å². The molecule has 116 valence electrons. The third-order valence-corrected chi connectivity index (χ3v) is 3.37. The number of aromatic nitrogens is 3. The predicted molar refractivity (Wildman–Crippen MR) is 84.3 cm³/mol. The van der Waals surface area contributed by atoms with Crippen molar-refractivity contribution in [3.63, 3.8) is 0 Å². The minimum atomic E-state index is -0.956. The van der Waals surface area contributed by atoms with Crippen LogP contribution in [0.25, 0.3) is 11.3 Å². The molecule has 3 aromatic rings. The molecule has 1 aromatic heterocycles. The number of hydrogen-bond acceptors (Lipinski definition) is 4. The highest BCUT2D eigenvalue weighted by molar-refractivity contribution is 5.71. The minimum absolute atomic E-state index is 0.594. The van der Waals surface area contributed by atoms with Gasteiger partial charge in [-0.15, -0.1) is 5.10 Å². The Hall–Kier alpha value is -3.15. The fraction of sp³-hybridized carbons (Fsp3) is 0.118. The molecule has 0 bridgehead atoms. The van der Waals surface area contributed by atoms with Gasteiger partial charge in [0.15, 0.2) is 0 Å². The van der Waals surface area contributed by atoms with Gasteiger partial charge < -0.3 is 9.84 Å². The van der Waals surface area contributed by atoms with Crippen LogP contribution in [0.5, 0.6) is 11.5 Å². The van der Waals surface area contributed by atoms with Crippen LogP contribution in [0.2, 0.25) is 0 Å². The van der Waals surface area contributed by atoms with Gasteiger partial charge in [-0.2, -0.15) is 0 Å². The second-order valence-electron chi connectivity index (χ2n) is 5.04. The maximum Gasteiger partial charge on any atom is 0.328 e. The summed E-state index contributed by atoms with van der Waals surface area (Å²) < 4.78 is 7.11. The van der Waals surface area contributed by atoms with Gasteiger partial charge in [-0.3, -0.25) is 0 Å². The van der Waals surface area contributed by atoms with Crippen LogP contribution >= 0.6 is 0 Å². The fourth-order valence-corrected chi connectivity index (χ4v) is 2.05. The van der Waals surface area contributed by atoms with E-state index in [0.29, 0.717) is 11.4 Å². The summed E-state index contributed by atoms with van der Waals surface area (Å²) in [5.74, 6) is 0.463. The highest BCUT2D eigenvalue weighted by Crippen LogP contribution is 2.26. The van der Waals surface area contributed by atoms with Crippen molar-refractivity contribution in [1.82, 2.24) is 15.0 Å². The molecule has 0 fully saturated rings. The minimum Gasteiger partial charge on any atom is -0.480 e. The Morgan fingerprint density at radius 2 is 1.87 bits per heavy atom. The third kappa shape index (κ3) is 3.37. The lowest BCUT2D eigenvalue weighted by molar-refractivity contribution is -0.140. The molecule has 0 amide bonds. The van der Waals surface area contributed by atoms with Crippen molar-refractivity contribution in [3.05, 3.63) is 60.8 Å². The monoisotopic (exact) mass is 309 g/mol. The number of benzene rings is 2. The number of para-hydroxylation sites is 1. The Bertz CT molecular complexity index is 815. The van der Waals surface area contributed by atoms with E-state index >= 15 is 0 Å². The van der Waals surface area contributed by atoms with Crippen LogP contribution in [-0.2, 0) is 4.79 Å². The first-order valence-electron chi connectivity index (χ1n) is 7.11. The standard InChI is InChI=1S/C17H15N3O3/c1-12(17(21)22)20-11-16(18-19-20)13-6-5-9-15(10-13)23-14-7-3-2-4-8-14/h2-12H,1H3,(H,21,22). The summed E-state index contributed by atoms with van der Waals surface area (Å²) in [6, 6.07) is 16.1. The SMILES string of the molecule is CC(C(=O)O)n1cc(-c2cccc(Oc3ccccc3)c2)nn1. The van der Waals surface area contributed by atoms with Crippen molar-refractivity contribution in [3.8, 4) is 22.8 Å². The molecule has 1 N–H and O–H groups in total. The lowest BCUT2D eigenvalue weighted by atomic mass is 10.1. The topological polar surface area (TPSA) is 77.2 Å². The van der Waals surface area contributed by atoms with E-state index < -0.39 is 12.0 Å². The van der Waals surface area contributed by atoms with Crippen LogP contribution < -0.4 is 4.74 Å². The van der Waals surface area contributed by atoms with Crippen molar-refractivity contribution in [2.45, 2.75) is 13.0 Å². The number of nitrogens with zero attached hydrogens (tertiary/aromatic N) is 3. The van der Waals surface area contributed by atoms with E-state index in [1.165, 1.54) is 4.68 Å². The molecule has 1 atom stereocenters. The van der Waals surface area contributed by atoms with Crippen LogP contribution in [0.1, 0.15) is 13.0 Å². The Kier molecular flexibility index (Phi) is 4.05. The quantitative estimate of drug-likeness (QED) is 0.781. The number of aliphatic carboxylic acids is 1. The van der Waals surface area contributed by atoms with E-state index in [-0.39, 0.29) is 0 Å². The number of hydrogen-bond donors (Lipinski definition) is 1. The number of carboxylic acid groups (broad SMARTS) is 1. The van der Waals surface area contributed by atoms with Crippen molar-refractivity contribution in [1.29, 1.82) is 0 Å². The van der Waals surface area contributed by atoms with E-state index in [2.05, 4.69) is 10.3 Å². The second-order valence-corrected chi connectivity index (χ2v) is 5.04. The molecule has 1 heterocycles. The van der Waals surface area contributed by atoms with Crippen LogP contribution in [0.3, 0.4) is 0 Å². The largest absolute Gasteiger partial charge is 0.480 e. The van der Waals surface area contributed by atoms with Gasteiger partial charge in [-0.1, -0.05) is 35.5 Å². The zero-order valence-electron chi connectivity index (χ0n) is 12.5. The molecule has 1 unspecified atom stereocenters. The highest BCUT2D eigenvalue weighted by Gasteiger charge is 2.15. The zero-order chi connectivity index (χ0) is 16.2. The average Bonchev–Trinajstić information content (AvgIpc) is 3.05. The maximum absolute atomic E-state index is 11.0. The van der Waals surface area contributed by atoms with Gasteiger partial charge in [-0.25, -0.2) is 9.48 Å². The summed E-state index contributed by atoms with van der Waals surface area (Å²) in [6.45, 7) is 1.55. The Morgan fingerprint density at radius 3 is 2.61 bits per heavy atom. The first-order valence-corrected chi connectivity index (χ1v) is 7.11. The molecule has 0 saturated heterocycles. The molecule has 0 radical (unpaired) electrons. The first-order chi connectivity index (χ1) is 11.1. The maximum atomic E-state index is 11.0. The van der Waals surface area contributed by atoms with Crippen molar-refractivity contribution >= 4 is 5.97 Å². The number of carbonyl (C=O) groups is 1. The van der Waals surface area contributed by atoms with Gasteiger partial charge in [-0.05, 0) is 31.2 Å². The number of rotatable bonds is 5. The second kappa shape index (κ2) is 6.31. The average molecular weight is 309 g/mol. The normalized spacial score (nSPS) is 11.9. The molecule has 0 aliphatic rings. The van der Waals surface area contributed by atoms with Gasteiger partial charge >= 0.3 is 5.97 Å². The van der Waals surface area contributed by atoms with E-state index in [1.807, 2.05) is 54.6 Å². The predicted octanol–water partition coefficient (Wildman–Crippen LogP) is 3.38. The lowest BCUT2D eigenvalue weighted by Gasteiger charge is -2.06. The van der Waals surface area contributed by atoms with E-state index in [0.717, 1.165) is 11.3 Å². The molecular formula is C17H15N3O3. The van der Waals surface area contributed by atoms with Crippen LogP contribution in [0.4, 0.5) is 0 Å². The molecule has 6 nitrogen and oxygen atoms in total. The molecular weight excluding hydrogens is 294 g/mol. The smallest absolute Gasteiger partial charge is 0.328 e. The van der Waals surface area contributed by atoms with Crippen LogP contribution in [0, 0.1) is 0 Å². The summed E-state index contributed by atoms with van der Waals surface area (Å²) >= 11 is 0. The molecule has 0 aliphatic heterocycles. The Morgan fingerprint density at radius 1 is 1.13 bits per heavy atom. The zero-order valence-corrected chi connectivity index (χ0v) is 12.5. The van der Waals surface area contributed by atoms with E-state index in [9.17, 15) is 4.79 Å². The van der Waals surface area contributed by atoms with Gasteiger partial charge in [0, 0.05) is 5.56 Å². The third-order valence-electron chi connectivity index (χ3n) is 3.37. The van der Waals surface area contributed by atoms with Gasteiger partial charge in [0.05, 0.1) is 6.20 Å². The van der Waals surface area contributed by atoms with Crippen molar-refractivity contribution < 1.29 is 14.6 Å². The molecule has 6 heteroatoms. The van der Waals surface area contributed by atoms with Crippen LogP contribution in [0.15, 0.2) is 60.8 Å². The molecule has 0 saturated carbocycles. The fourth-order valence-electron chi connectivity index (χ4n) is 2.05. The van der Waals surface area contributed by atoms with Gasteiger partial charge in [0.25, 0.3) is 0 Å². The summed E-state index contributed by atoms with van der Waals surface area (Å²) in [6.07, 6.45) is 1.61. The molecule has 0 aliphatic carbocycles. The molecule has 0 spiro atoms. The molecule has 2 aromatic carbocycles. The van der Waals surface area contributed by atoms with Crippen LogP contribution in [-0.4, -0.2) is 26.1 Å². The van der Waals surface area contributed by atoms with Crippen molar-refractivity contribution in [2.24, 2.45) is 0 Å². The highest BCUT2D eigenvalue weighted by atomic mass is 16.5. The Balaban J connectivity index is 1.84. The first kappa shape index (κ1) is 14.8. The summed E-state index contributed by atoms with van der Waals surface area (Å²) in [7, 11) is 0. The van der Waals surface area contributed by atoms with Gasteiger partial charge in [0.2, 0.25) is 0 Å². The lowest BCUT2D eigenvalue weighted by Crippen LogP contribution is -2.15. The number of ether oxygens (including phenoxy) is 1. The molecule has 3 rings (SSSR count). The Labute approximate surface area is 133 Å². The summed E-state index contributed by atoms with van der Waals surface area (Å²) in [4.78, 5) is 11.0. The van der Waals surface area contributed by atoms with E-state index in [4.69, 9.17) is 9.84 Å². The van der Waals surface area contributed by atoms with Crippen molar-refractivity contribution in [2.75, 3.05) is 0 Å². The van der Waals surface area contributed by atoms with Gasteiger partial charge in [0.1, 0.15) is 23.2 Å². The number of carboxylic acids is 1. The summed E-state index contributed by atoms with van der Waals surface area (Å²) in [5.41, 5.74) is 1.40. The summed E-state index contributed by atoms with van der Waals surface area (Å²) in [5, 5.41) is 16.9. The molecule has 23 heavy (non-hydrogen) atoms.